The molecule has 1 unspecified atom stereocenters. The van der Waals surface area contributed by atoms with E-state index in [-0.39, 0.29) is 0 Å². The van der Waals surface area contributed by atoms with Crippen LogP contribution in [0.25, 0.3) is 0 Å². The average molecular weight is 183 g/mol. The van der Waals surface area contributed by atoms with Gasteiger partial charge in [-0.1, -0.05) is 12.2 Å². The molecule has 0 aromatic rings. The van der Waals surface area contributed by atoms with Crippen LogP contribution in [0.2, 0.25) is 0 Å². The van der Waals surface area contributed by atoms with Crippen LogP contribution in [0.15, 0.2) is 12.2 Å². The van der Waals surface area contributed by atoms with Gasteiger partial charge in [0.1, 0.15) is 0 Å². The number of hydrogen-bond acceptors (Lipinski definition) is 2. The van der Waals surface area contributed by atoms with Gasteiger partial charge < -0.3 is 10.1 Å². The zero-order chi connectivity index (χ0) is 9.36. The molecule has 0 spiro atoms. The van der Waals surface area contributed by atoms with Crippen LogP contribution in [-0.4, -0.2) is 26.3 Å². The predicted molar refractivity (Wildman–Crippen MR) is 55.9 cm³/mol. The molecule has 0 aromatic heterocycles. The SMILES string of the molecule is CNCCC=CCCC1CCCO1. The molecule has 1 atom stereocenters. The first kappa shape index (κ1) is 10.7. The fourth-order valence-electron chi connectivity index (χ4n) is 1.62. The van der Waals surface area contributed by atoms with Gasteiger partial charge in [-0.15, -0.1) is 0 Å². The molecule has 0 aliphatic carbocycles. The van der Waals surface area contributed by atoms with E-state index in [1.54, 1.807) is 0 Å². The average Bonchev–Trinajstić information content (AvgIpc) is 2.63. The normalized spacial score (nSPS) is 23.0. The van der Waals surface area contributed by atoms with Crippen LogP contribution in [0.3, 0.4) is 0 Å². The Morgan fingerprint density at radius 3 is 2.92 bits per heavy atom. The second-order valence-corrected chi connectivity index (χ2v) is 3.58. The summed E-state index contributed by atoms with van der Waals surface area (Å²) in [5.41, 5.74) is 0. The predicted octanol–water partition coefficient (Wildman–Crippen LogP) is 2.11. The number of ether oxygens (including phenoxy) is 1. The van der Waals surface area contributed by atoms with Crippen molar-refractivity contribution in [2.75, 3.05) is 20.2 Å². The molecule has 2 heteroatoms. The Bertz CT molecular complexity index is 139. The zero-order valence-corrected chi connectivity index (χ0v) is 8.59. The van der Waals surface area contributed by atoms with Crippen molar-refractivity contribution in [3.63, 3.8) is 0 Å². The standard InChI is InChI=1S/C11H21NO/c1-12-9-5-3-2-4-7-11-8-6-10-13-11/h2-3,11-12H,4-10H2,1H3. The number of hydrogen-bond donors (Lipinski definition) is 1. The van der Waals surface area contributed by atoms with Gasteiger partial charge in [-0.05, 0) is 45.7 Å². The summed E-state index contributed by atoms with van der Waals surface area (Å²) in [5, 5.41) is 3.12. The highest BCUT2D eigenvalue weighted by Crippen LogP contribution is 2.16. The van der Waals surface area contributed by atoms with Crippen LogP contribution in [0.5, 0.6) is 0 Å². The molecule has 13 heavy (non-hydrogen) atoms. The summed E-state index contributed by atoms with van der Waals surface area (Å²) in [7, 11) is 1.99. The van der Waals surface area contributed by atoms with Crippen molar-refractivity contribution in [3.8, 4) is 0 Å². The Morgan fingerprint density at radius 2 is 2.23 bits per heavy atom. The maximum Gasteiger partial charge on any atom is 0.0579 e. The van der Waals surface area contributed by atoms with E-state index >= 15 is 0 Å². The van der Waals surface area contributed by atoms with E-state index in [0.29, 0.717) is 6.10 Å². The van der Waals surface area contributed by atoms with Crippen LogP contribution in [0, 0.1) is 0 Å². The molecule has 0 radical (unpaired) electrons. The first-order valence-corrected chi connectivity index (χ1v) is 5.34. The third-order valence-electron chi connectivity index (χ3n) is 2.41. The molecule has 2 nitrogen and oxygen atoms in total. The Kier molecular flexibility index (Phi) is 5.87. The molecule has 1 fully saturated rings. The van der Waals surface area contributed by atoms with Crippen LogP contribution in [-0.2, 0) is 4.74 Å². The van der Waals surface area contributed by atoms with E-state index in [9.17, 15) is 0 Å². The highest BCUT2D eigenvalue weighted by molar-refractivity contribution is 4.83. The summed E-state index contributed by atoms with van der Waals surface area (Å²) < 4.78 is 5.53. The lowest BCUT2D eigenvalue weighted by Gasteiger charge is -2.05. The highest BCUT2D eigenvalue weighted by Gasteiger charge is 2.13. The molecule has 0 aromatic carbocycles. The second-order valence-electron chi connectivity index (χ2n) is 3.58. The van der Waals surface area contributed by atoms with Crippen molar-refractivity contribution < 1.29 is 4.74 Å². The van der Waals surface area contributed by atoms with Crippen molar-refractivity contribution in [2.24, 2.45) is 0 Å². The first-order chi connectivity index (χ1) is 6.43. The molecular weight excluding hydrogens is 162 g/mol. The fourth-order valence-corrected chi connectivity index (χ4v) is 1.62. The monoisotopic (exact) mass is 183 g/mol. The Hall–Kier alpha value is -0.340. The molecule has 0 amide bonds. The summed E-state index contributed by atoms with van der Waals surface area (Å²) in [6.07, 6.45) is 11.1. The molecule has 1 N–H and O–H groups in total. The van der Waals surface area contributed by atoms with Gasteiger partial charge in [0.25, 0.3) is 0 Å². The number of allylic oxidation sites excluding steroid dienone is 1. The Morgan fingerprint density at radius 1 is 1.38 bits per heavy atom. The lowest BCUT2D eigenvalue weighted by atomic mass is 10.1. The van der Waals surface area contributed by atoms with Gasteiger partial charge in [-0.25, -0.2) is 0 Å². The Balaban J connectivity index is 1.90. The van der Waals surface area contributed by atoms with Gasteiger partial charge >= 0.3 is 0 Å². The topological polar surface area (TPSA) is 21.3 Å². The molecule has 1 aliphatic rings. The lowest BCUT2D eigenvalue weighted by molar-refractivity contribution is 0.105. The minimum Gasteiger partial charge on any atom is -0.378 e. The summed E-state index contributed by atoms with van der Waals surface area (Å²) in [5.74, 6) is 0. The van der Waals surface area contributed by atoms with Gasteiger partial charge in [-0.2, -0.15) is 0 Å². The quantitative estimate of drug-likeness (QED) is 0.503. The van der Waals surface area contributed by atoms with E-state index in [2.05, 4.69) is 17.5 Å². The Labute approximate surface area is 81.4 Å². The summed E-state index contributed by atoms with van der Waals surface area (Å²) in [6, 6.07) is 0. The van der Waals surface area contributed by atoms with Crippen LogP contribution in [0.4, 0.5) is 0 Å². The van der Waals surface area contributed by atoms with Gasteiger partial charge in [0, 0.05) is 6.61 Å². The molecule has 1 heterocycles. The molecule has 76 valence electrons. The van der Waals surface area contributed by atoms with E-state index in [1.807, 2.05) is 7.05 Å². The zero-order valence-electron chi connectivity index (χ0n) is 8.59. The third kappa shape index (κ3) is 5.06. The summed E-state index contributed by atoms with van der Waals surface area (Å²) >= 11 is 0. The van der Waals surface area contributed by atoms with Crippen LogP contribution in [0.1, 0.15) is 32.1 Å². The lowest BCUT2D eigenvalue weighted by Crippen LogP contribution is -2.06. The maximum atomic E-state index is 5.53. The number of rotatable bonds is 6. The van der Waals surface area contributed by atoms with Gasteiger partial charge in [-0.3, -0.25) is 0 Å². The van der Waals surface area contributed by atoms with Gasteiger partial charge in [0.2, 0.25) is 0 Å². The van der Waals surface area contributed by atoms with Gasteiger partial charge in [0.05, 0.1) is 6.10 Å². The van der Waals surface area contributed by atoms with Crippen molar-refractivity contribution in [3.05, 3.63) is 12.2 Å². The van der Waals surface area contributed by atoms with E-state index < -0.39 is 0 Å². The van der Waals surface area contributed by atoms with Crippen LogP contribution < -0.4 is 5.32 Å². The van der Waals surface area contributed by atoms with Crippen molar-refractivity contribution in [1.29, 1.82) is 0 Å². The fraction of sp³-hybridized carbons (Fsp3) is 0.818. The van der Waals surface area contributed by atoms with E-state index in [1.165, 1.54) is 25.7 Å². The molecule has 1 aliphatic heterocycles. The first-order valence-electron chi connectivity index (χ1n) is 5.34. The number of nitrogens with one attached hydrogen (secondary N) is 1. The summed E-state index contributed by atoms with van der Waals surface area (Å²) in [6.45, 7) is 2.06. The molecule has 0 saturated carbocycles. The van der Waals surface area contributed by atoms with Crippen LogP contribution >= 0.6 is 0 Å². The second kappa shape index (κ2) is 7.10. The van der Waals surface area contributed by atoms with E-state index in [0.717, 1.165) is 19.6 Å². The van der Waals surface area contributed by atoms with Crippen molar-refractivity contribution in [2.45, 2.75) is 38.2 Å². The van der Waals surface area contributed by atoms with Crippen molar-refractivity contribution in [1.82, 2.24) is 5.32 Å². The van der Waals surface area contributed by atoms with E-state index in [4.69, 9.17) is 4.74 Å². The minimum atomic E-state index is 0.550. The molecule has 1 saturated heterocycles. The summed E-state index contributed by atoms with van der Waals surface area (Å²) in [4.78, 5) is 0. The molecule has 1 rings (SSSR count). The smallest absolute Gasteiger partial charge is 0.0579 e. The molecule has 0 bridgehead atoms. The maximum absolute atomic E-state index is 5.53. The third-order valence-corrected chi connectivity index (χ3v) is 2.41. The van der Waals surface area contributed by atoms with Gasteiger partial charge in [0.15, 0.2) is 0 Å². The largest absolute Gasteiger partial charge is 0.378 e. The highest BCUT2D eigenvalue weighted by atomic mass is 16.5. The van der Waals surface area contributed by atoms with Crippen molar-refractivity contribution >= 4 is 0 Å². The minimum absolute atomic E-state index is 0.550. The molecular formula is C11H21NO.